The number of halogens is 4. The quantitative estimate of drug-likeness (QED) is 0.0173. The Hall–Kier alpha value is -6.95. The average molecular weight is 1420 g/mol. The van der Waals surface area contributed by atoms with Crippen molar-refractivity contribution in [2.45, 2.75) is 158 Å². The maximum atomic E-state index is 14.3. The molecule has 0 aliphatic rings. The Balaban J connectivity index is 0.000000222. The van der Waals surface area contributed by atoms with Gasteiger partial charge in [0.1, 0.15) is 22.1 Å². The number of unbranched alkanes of at least 4 members (excludes halogenated alkanes) is 4. The van der Waals surface area contributed by atoms with Crippen LogP contribution >= 0.6 is 11.3 Å². The van der Waals surface area contributed by atoms with Crippen molar-refractivity contribution in [3.63, 3.8) is 0 Å². The third kappa shape index (κ3) is 21.3. The van der Waals surface area contributed by atoms with Crippen molar-refractivity contribution in [3.8, 4) is 34.4 Å². The van der Waals surface area contributed by atoms with E-state index in [0.29, 0.717) is 106 Å². The van der Waals surface area contributed by atoms with Gasteiger partial charge >= 0.3 is 20.1 Å². The Kier molecular flexibility index (Phi) is 29.8. The Morgan fingerprint density at radius 2 is 0.843 bits per heavy atom. The summed E-state index contributed by atoms with van der Waals surface area (Å²) < 4.78 is 81.4. The van der Waals surface area contributed by atoms with Gasteiger partial charge in [0.2, 0.25) is 5.13 Å². The van der Waals surface area contributed by atoms with Crippen LogP contribution in [0, 0.1) is 59.1 Å². The van der Waals surface area contributed by atoms with Gasteiger partial charge in [0.05, 0.1) is 36.6 Å². The number of hydrogen-bond acceptors (Lipinski definition) is 12. The number of benzene rings is 6. The van der Waals surface area contributed by atoms with Crippen molar-refractivity contribution >= 4 is 54.6 Å². The van der Waals surface area contributed by atoms with Crippen LogP contribution in [0.15, 0.2) is 108 Å². The predicted octanol–water partition coefficient (Wildman–Crippen LogP) is 18.1. The molecular formula is C70H85F4IrN8O5S. The van der Waals surface area contributed by atoms with E-state index in [9.17, 15) is 22.7 Å². The van der Waals surface area contributed by atoms with E-state index in [1.165, 1.54) is 37.0 Å². The van der Waals surface area contributed by atoms with E-state index in [1.54, 1.807) is 36.4 Å². The van der Waals surface area contributed by atoms with E-state index in [2.05, 4.69) is 97.9 Å². The van der Waals surface area contributed by atoms with Crippen LogP contribution in [-0.2, 0) is 20.1 Å². The Morgan fingerprint density at radius 3 is 1.17 bits per heavy atom. The van der Waals surface area contributed by atoms with E-state index >= 15 is 0 Å². The third-order valence-corrected chi connectivity index (χ3v) is 16.5. The molecule has 3 aromatic heterocycles. The summed E-state index contributed by atoms with van der Waals surface area (Å²) in [5.41, 5.74) is 3.56. The molecule has 0 radical (unpaired) electrons. The van der Waals surface area contributed by atoms with E-state index in [0.717, 1.165) is 121 Å². The minimum atomic E-state index is -0.776. The minimum Gasteiger partial charge on any atom is -0.858 e. The first-order valence-corrected chi connectivity index (χ1v) is 32.4. The molecule has 0 bridgehead atoms. The molecule has 9 rings (SSSR count). The fraction of sp³-hybridized carbons (Fsp3) is 0.457. The number of aromatic nitrogens is 7. The van der Waals surface area contributed by atoms with Gasteiger partial charge in [0.25, 0.3) is 0 Å². The predicted molar refractivity (Wildman–Crippen MR) is 343 cm³/mol. The summed E-state index contributed by atoms with van der Waals surface area (Å²) in [7, 11) is 0. The number of nitrogens with zero attached hydrogens (tertiary/aromatic N) is 8. The van der Waals surface area contributed by atoms with Crippen LogP contribution in [0.25, 0.3) is 43.7 Å². The normalized spacial score (nSPS) is 12.8. The molecule has 0 N–H and O–H groups in total. The standard InChI is InChI=1S/2C28H38F2N3O2.C14H10N2OS.Ir/c2*1-5-9-11-20(7-3)18-34-27-16-24-25(17-28(27)35-19-21(8-4)12-10-6-2)32-33(31-24)26-14-13-22(29)15-23(26)30;17-13(10-6-2-1-3-7-10)16-14-15-11-8-4-5-9-12(11)18-14;/h2*13,15-17,20-21H,5-12,18-19H2,1-4H3;1-9H,(H,15,16,17);/q2*-1;;+3/p-1. The van der Waals surface area contributed by atoms with Crippen molar-refractivity contribution in [2.75, 3.05) is 26.4 Å². The van der Waals surface area contributed by atoms with Crippen LogP contribution in [0.3, 0.4) is 0 Å². The Labute approximate surface area is 540 Å². The topological polar surface area (TPSA) is 147 Å². The van der Waals surface area contributed by atoms with Crippen LogP contribution in [0.5, 0.6) is 23.0 Å². The summed E-state index contributed by atoms with van der Waals surface area (Å²) in [6, 6.07) is 32.8. The van der Waals surface area contributed by atoms with Crippen molar-refractivity contribution in [1.29, 1.82) is 0 Å². The smallest absolute Gasteiger partial charge is 0.858 e. The first-order valence-electron chi connectivity index (χ1n) is 31.5. The Bertz CT molecular complexity index is 3270. The van der Waals surface area contributed by atoms with E-state index in [4.69, 9.17) is 18.9 Å². The van der Waals surface area contributed by atoms with Gasteiger partial charge in [-0.05, 0) is 72.9 Å². The maximum absolute atomic E-state index is 14.3. The van der Waals surface area contributed by atoms with E-state index < -0.39 is 23.3 Å². The number of thiazole rings is 1. The second-order valence-electron chi connectivity index (χ2n) is 22.2. The summed E-state index contributed by atoms with van der Waals surface area (Å²) in [5, 5.41) is 30.0. The minimum absolute atomic E-state index is 0. The van der Waals surface area contributed by atoms with Crippen molar-refractivity contribution in [1.82, 2.24) is 35.0 Å². The monoisotopic (exact) mass is 1420 g/mol. The van der Waals surface area contributed by atoms with Crippen LogP contribution in [0.1, 0.15) is 164 Å². The SMILES string of the molecule is CCCCC(CC)COc1cc2nn(-c3[c-]cc(F)cc3F)nc2cc1OCC(CC)CCCC.CCCCC(CC)COc1cc2nn(-c3[c-]cc(F)cc3F)nc2cc1OCC(CC)CCCC.[Ir+3].[O-]/C(=N\c1nc2ccccc2s1)c1ccccc1. The van der Waals surface area contributed by atoms with Gasteiger partial charge in [-0.25, -0.2) is 9.98 Å². The first-order chi connectivity index (χ1) is 42.8. The van der Waals surface area contributed by atoms with Crippen LogP contribution in [-0.4, -0.2) is 67.3 Å². The van der Waals surface area contributed by atoms with Gasteiger partial charge in [-0.2, -0.15) is 30.0 Å². The van der Waals surface area contributed by atoms with Gasteiger partial charge in [0.15, 0.2) is 23.0 Å². The molecule has 0 aliphatic carbocycles. The van der Waals surface area contributed by atoms with E-state index in [1.807, 2.05) is 42.5 Å². The molecular weight excluding hydrogens is 1330 g/mol. The molecule has 4 atom stereocenters. The van der Waals surface area contributed by atoms with Crippen molar-refractivity contribution < 1.29 is 61.7 Å². The van der Waals surface area contributed by atoms with Gasteiger partial charge in [-0.3, -0.25) is 17.6 Å². The average Bonchev–Trinajstić information content (AvgIpc) is 1.76. The van der Waals surface area contributed by atoms with Crippen LogP contribution in [0.2, 0.25) is 0 Å². The van der Waals surface area contributed by atoms with Crippen LogP contribution < -0.4 is 24.1 Å². The molecule has 19 heteroatoms. The number of hydrogen-bond donors (Lipinski definition) is 0. The summed E-state index contributed by atoms with van der Waals surface area (Å²) in [4.78, 5) is 10.6. The first kappa shape index (κ1) is 71.1. The summed E-state index contributed by atoms with van der Waals surface area (Å²) in [5.74, 6) is 1.12. The Morgan fingerprint density at radius 1 is 0.494 bits per heavy atom. The second-order valence-corrected chi connectivity index (χ2v) is 23.2. The van der Waals surface area contributed by atoms with Gasteiger partial charge < -0.3 is 24.1 Å². The molecule has 89 heavy (non-hydrogen) atoms. The molecule has 6 aromatic carbocycles. The zero-order chi connectivity index (χ0) is 62.8. The van der Waals surface area contributed by atoms with Crippen molar-refractivity contribution in [2.24, 2.45) is 28.7 Å². The summed E-state index contributed by atoms with van der Waals surface area (Å²) in [6.07, 6.45) is 18.0. The van der Waals surface area contributed by atoms with Crippen molar-refractivity contribution in [3.05, 3.63) is 144 Å². The van der Waals surface area contributed by atoms with Gasteiger partial charge in [-0.15, -0.1) is 36.4 Å². The molecule has 0 fully saturated rings. The second kappa shape index (κ2) is 37.3. The molecule has 0 saturated heterocycles. The molecule has 0 aliphatic heterocycles. The fourth-order valence-electron chi connectivity index (χ4n) is 9.75. The molecule has 0 amide bonds. The molecule has 478 valence electrons. The maximum Gasteiger partial charge on any atom is 3.00 e. The van der Waals surface area contributed by atoms with Gasteiger partial charge in [-0.1, -0.05) is 186 Å². The van der Waals surface area contributed by atoms with E-state index in [-0.39, 0.29) is 37.4 Å². The molecule has 4 unspecified atom stereocenters. The summed E-state index contributed by atoms with van der Waals surface area (Å²) in [6.45, 7) is 19.9. The summed E-state index contributed by atoms with van der Waals surface area (Å²) >= 11 is 1.42. The number of fused-ring (bicyclic) bond motifs is 3. The number of para-hydroxylation sites is 1. The largest absolute Gasteiger partial charge is 3.00 e. The zero-order valence-electron chi connectivity index (χ0n) is 52.6. The number of aliphatic imine (C=N–C) groups is 1. The molecule has 9 aromatic rings. The fourth-order valence-corrected chi connectivity index (χ4v) is 10.6. The number of ether oxygens (including phenoxy) is 4. The van der Waals surface area contributed by atoms with Crippen LogP contribution in [0.4, 0.5) is 22.7 Å². The number of rotatable bonds is 32. The molecule has 0 spiro atoms. The van der Waals surface area contributed by atoms with Gasteiger partial charge in [0, 0.05) is 58.9 Å². The zero-order valence-corrected chi connectivity index (χ0v) is 55.9. The molecule has 13 nitrogen and oxygen atoms in total. The third-order valence-electron chi connectivity index (χ3n) is 15.5. The molecule has 0 saturated carbocycles. The molecule has 3 heterocycles.